The number of nitrogens with one attached hydrogen (secondary N) is 1. The standard InChI is InChI=1S/C17H18N6O2/c1-10(2)17(24)21-13-6-11-9-23(3)22-16(11)14(7-13)25-15(20)5-4-12(19)8-18/h4-7,9H,1,19-20H2,2-3H3,(H,21,24)/b12-4-,15-5+. The van der Waals surface area contributed by atoms with E-state index in [-0.39, 0.29) is 17.5 Å². The summed E-state index contributed by atoms with van der Waals surface area (Å²) in [6.07, 6.45) is 4.48. The Morgan fingerprint density at radius 1 is 1.44 bits per heavy atom. The Morgan fingerprint density at radius 2 is 2.16 bits per heavy atom. The van der Waals surface area contributed by atoms with Gasteiger partial charge in [0.15, 0.2) is 11.6 Å². The molecule has 1 aromatic heterocycles. The maximum absolute atomic E-state index is 11.8. The van der Waals surface area contributed by atoms with Crippen LogP contribution in [0.4, 0.5) is 5.69 Å². The summed E-state index contributed by atoms with van der Waals surface area (Å²) in [5.74, 6) is 0.0729. The maximum Gasteiger partial charge on any atom is 0.250 e. The number of hydrogen-bond donors (Lipinski definition) is 3. The second-order valence-electron chi connectivity index (χ2n) is 5.35. The third kappa shape index (κ3) is 4.39. The van der Waals surface area contributed by atoms with E-state index in [9.17, 15) is 4.79 Å². The summed E-state index contributed by atoms with van der Waals surface area (Å²) in [7, 11) is 1.77. The summed E-state index contributed by atoms with van der Waals surface area (Å²) in [6.45, 7) is 5.22. The van der Waals surface area contributed by atoms with Crippen LogP contribution < -0.4 is 21.5 Å². The van der Waals surface area contributed by atoms with Gasteiger partial charge in [-0.3, -0.25) is 9.48 Å². The number of nitrogens with two attached hydrogens (primary N) is 2. The summed E-state index contributed by atoms with van der Waals surface area (Å²) in [4.78, 5) is 11.8. The number of hydrogen-bond acceptors (Lipinski definition) is 6. The predicted octanol–water partition coefficient (Wildman–Crippen LogP) is 1.63. The van der Waals surface area contributed by atoms with Crippen molar-refractivity contribution in [3.63, 3.8) is 0 Å². The van der Waals surface area contributed by atoms with E-state index in [4.69, 9.17) is 21.5 Å². The fourth-order valence-corrected chi connectivity index (χ4v) is 1.98. The van der Waals surface area contributed by atoms with Crippen LogP contribution in [0.1, 0.15) is 6.92 Å². The number of carbonyl (C=O) groups excluding carboxylic acids is 1. The molecule has 25 heavy (non-hydrogen) atoms. The summed E-state index contributed by atoms with van der Waals surface area (Å²) < 4.78 is 7.22. The first kappa shape index (κ1) is 17.6. The second kappa shape index (κ2) is 7.23. The van der Waals surface area contributed by atoms with Gasteiger partial charge in [-0.25, -0.2) is 0 Å². The highest BCUT2D eigenvalue weighted by Crippen LogP contribution is 2.30. The molecule has 0 aliphatic heterocycles. The summed E-state index contributed by atoms with van der Waals surface area (Å²) in [5.41, 5.74) is 12.7. The van der Waals surface area contributed by atoms with Crippen molar-refractivity contribution in [3.05, 3.63) is 54.2 Å². The van der Waals surface area contributed by atoms with Crippen LogP contribution in [-0.2, 0) is 11.8 Å². The second-order valence-corrected chi connectivity index (χ2v) is 5.35. The van der Waals surface area contributed by atoms with Crippen LogP contribution in [0.5, 0.6) is 5.75 Å². The van der Waals surface area contributed by atoms with Crippen molar-refractivity contribution in [2.24, 2.45) is 18.5 Å². The third-order valence-corrected chi connectivity index (χ3v) is 3.12. The van der Waals surface area contributed by atoms with E-state index in [0.29, 0.717) is 22.5 Å². The molecule has 0 bridgehead atoms. The minimum atomic E-state index is -0.303. The molecule has 128 valence electrons. The SMILES string of the molecule is C=C(C)C(=O)Nc1cc(O/C(N)=C/C=C(\N)C#N)c2nn(C)cc2c1. The molecular formula is C17H18N6O2. The highest BCUT2D eigenvalue weighted by molar-refractivity contribution is 6.04. The van der Waals surface area contributed by atoms with E-state index in [0.717, 1.165) is 5.39 Å². The molecule has 1 heterocycles. The van der Waals surface area contributed by atoms with Crippen LogP contribution in [0, 0.1) is 11.3 Å². The molecule has 0 radical (unpaired) electrons. The van der Waals surface area contributed by atoms with Crippen LogP contribution in [0.3, 0.4) is 0 Å². The minimum absolute atomic E-state index is 0.00277. The lowest BCUT2D eigenvalue weighted by Gasteiger charge is -2.10. The number of carbonyl (C=O) groups is 1. The van der Waals surface area contributed by atoms with Gasteiger partial charge in [-0.2, -0.15) is 10.4 Å². The molecule has 0 fully saturated rings. The van der Waals surface area contributed by atoms with Crippen molar-refractivity contribution in [2.75, 3.05) is 5.32 Å². The van der Waals surface area contributed by atoms with E-state index < -0.39 is 0 Å². The molecule has 0 unspecified atom stereocenters. The molecular weight excluding hydrogens is 320 g/mol. The summed E-state index contributed by atoms with van der Waals surface area (Å²) in [6, 6.07) is 5.14. The number of aromatic nitrogens is 2. The molecule has 8 nitrogen and oxygen atoms in total. The first-order chi connectivity index (χ1) is 11.8. The Balaban J connectivity index is 2.41. The number of benzene rings is 1. The van der Waals surface area contributed by atoms with Crippen molar-refractivity contribution < 1.29 is 9.53 Å². The number of ether oxygens (including phenoxy) is 1. The van der Waals surface area contributed by atoms with Crippen molar-refractivity contribution in [2.45, 2.75) is 6.92 Å². The Bertz CT molecular complexity index is 946. The van der Waals surface area contributed by atoms with Crippen molar-refractivity contribution in [3.8, 4) is 11.8 Å². The van der Waals surface area contributed by atoms with Gasteiger partial charge in [-0.05, 0) is 19.1 Å². The van der Waals surface area contributed by atoms with Crippen LogP contribution in [0.25, 0.3) is 10.9 Å². The number of nitrogens with zero attached hydrogens (tertiary/aromatic N) is 3. The fourth-order valence-electron chi connectivity index (χ4n) is 1.98. The largest absolute Gasteiger partial charge is 0.439 e. The quantitative estimate of drug-likeness (QED) is 0.328. The van der Waals surface area contributed by atoms with E-state index >= 15 is 0 Å². The predicted molar refractivity (Wildman–Crippen MR) is 94.9 cm³/mol. The maximum atomic E-state index is 11.8. The first-order valence-corrected chi connectivity index (χ1v) is 7.25. The summed E-state index contributed by atoms with van der Waals surface area (Å²) >= 11 is 0. The van der Waals surface area contributed by atoms with Gasteiger partial charge in [0.1, 0.15) is 17.3 Å². The van der Waals surface area contributed by atoms with Crippen molar-refractivity contribution in [1.29, 1.82) is 5.26 Å². The number of amides is 1. The molecule has 0 atom stereocenters. The van der Waals surface area contributed by atoms with E-state index in [1.807, 2.05) is 0 Å². The van der Waals surface area contributed by atoms with Gasteiger partial charge >= 0.3 is 0 Å². The van der Waals surface area contributed by atoms with Crippen LogP contribution in [-0.4, -0.2) is 15.7 Å². The number of rotatable bonds is 5. The van der Waals surface area contributed by atoms with Gasteiger partial charge in [0.05, 0.1) is 0 Å². The first-order valence-electron chi connectivity index (χ1n) is 7.25. The van der Waals surface area contributed by atoms with Crippen LogP contribution in [0.2, 0.25) is 0 Å². The zero-order chi connectivity index (χ0) is 18.6. The van der Waals surface area contributed by atoms with Crippen molar-refractivity contribution >= 4 is 22.5 Å². The Hall–Kier alpha value is -3.73. The van der Waals surface area contributed by atoms with Gasteiger partial charge in [-0.15, -0.1) is 0 Å². The molecule has 0 spiro atoms. The Morgan fingerprint density at radius 3 is 2.80 bits per heavy atom. The lowest BCUT2D eigenvalue weighted by atomic mass is 10.2. The van der Waals surface area contributed by atoms with Gasteiger partial charge in [0.2, 0.25) is 0 Å². The average Bonchev–Trinajstić information content (AvgIpc) is 2.92. The van der Waals surface area contributed by atoms with Gasteiger partial charge < -0.3 is 21.5 Å². The smallest absolute Gasteiger partial charge is 0.250 e. The van der Waals surface area contributed by atoms with Crippen molar-refractivity contribution in [1.82, 2.24) is 9.78 Å². The third-order valence-electron chi connectivity index (χ3n) is 3.12. The molecule has 2 rings (SSSR count). The molecule has 0 saturated heterocycles. The summed E-state index contributed by atoms with van der Waals surface area (Å²) in [5, 5.41) is 16.4. The molecule has 8 heteroatoms. The lowest BCUT2D eigenvalue weighted by Crippen LogP contribution is -2.12. The van der Waals surface area contributed by atoms with E-state index in [1.54, 1.807) is 43.1 Å². The molecule has 0 aliphatic rings. The van der Waals surface area contributed by atoms with Gasteiger partial charge in [0.25, 0.3) is 5.91 Å². The molecule has 0 saturated carbocycles. The number of allylic oxidation sites excluding steroid dienone is 3. The fraction of sp³-hybridized carbons (Fsp3) is 0.118. The zero-order valence-corrected chi connectivity index (χ0v) is 13.9. The van der Waals surface area contributed by atoms with Gasteiger partial charge in [-0.1, -0.05) is 6.58 Å². The monoisotopic (exact) mass is 338 g/mol. The highest BCUT2D eigenvalue weighted by Gasteiger charge is 2.12. The Kier molecular flexibility index (Phi) is 5.09. The molecule has 2 aromatic rings. The topological polar surface area (TPSA) is 132 Å². The number of nitriles is 1. The van der Waals surface area contributed by atoms with Crippen LogP contribution >= 0.6 is 0 Å². The number of fused-ring (bicyclic) bond motifs is 1. The van der Waals surface area contributed by atoms with Gasteiger partial charge in [0, 0.05) is 42.0 Å². The lowest BCUT2D eigenvalue weighted by molar-refractivity contribution is -0.112. The number of anilines is 1. The Labute approximate surface area is 144 Å². The normalized spacial score (nSPS) is 11.9. The van der Waals surface area contributed by atoms with E-state index in [2.05, 4.69) is 17.0 Å². The zero-order valence-electron chi connectivity index (χ0n) is 13.9. The average molecular weight is 338 g/mol. The molecule has 5 N–H and O–H groups in total. The van der Waals surface area contributed by atoms with E-state index in [1.165, 1.54) is 12.2 Å². The number of aryl methyl sites for hydroxylation is 1. The molecule has 1 aromatic carbocycles. The highest BCUT2D eigenvalue weighted by atomic mass is 16.5. The minimum Gasteiger partial charge on any atom is -0.439 e. The molecule has 1 amide bonds. The van der Waals surface area contributed by atoms with Crippen LogP contribution in [0.15, 0.2) is 54.2 Å². The molecule has 0 aliphatic carbocycles.